The summed E-state index contributed by atoms with van der Waals surface area (Å²) in [7, 11) is 1.27. The van der Waals surface area contributed by atoms with Crippen molar-refractivity contribution in [1.82, 2.24) is 5.32 Å². The van der Waals surface area contributed by atoms with Gasteiger partial charge in [0.1, 0.15) is 0 Å². The van der Waals surface area contributed by atoms with Crippen molar-refractivity contribution in [2.75, 3.05) is 7.11 Å². The summed E-state index contributed by atoms with van der Waals surface area (Å²) in [6, 6.07) is 0. The van der Waals surface area contributed by atoms with E-state index in [4.69, 9.17) is 5.11 Å². The lowest BCUT2D eigenvalue weighted by Gasteiger charge is -2.20. The van der Waals surface area contributed by atoms with E-state index in [-0.39, 0.29) is 12.0 Å². The molecule has 1 heterocycles. The van der Waals surface area contributed by atoms with Crippen LogP contribution in [-0.2, 0) is 14.3 Å². The van der Waals surface area contributed by atoms with E-state index < -0.39 is 11.9 Å². The van der Waals surface area contributed by atoms with Crippen LogP contribution in [0.1, 0.15) is 34.1 Å². The number of hydrogen-bond donors (Lipinski definition) is 2. The molecule has 1 aliphatic heterocycles. The molecule has 0 aromatic rings. The largest absolute Gasteiger partial charge is 0.478 e. The third-order valence-corrected chi connectivity index (χ3v) is 2.57. The Bertz CT molecular complexity index is 483. The van der Waals surface area contributed by atoms with E-state index in [1.807, 2.05) is 13.8 Å². The molecule has 0 radical (unpaired) electrons. The van der Waals surface area contributed by atoms with Crippen molar-refractivity contribution in [3.8, 4) is 11.8 Å². The van der Waals surface area contributed by atoms with E-state index in [1.165, 1.54) is 7.11 Å². The fraction of sp³-hybridized carbons (Fsp3) is 0.429. The first-order valence-electron chi connectivity index (χ1n) is 5.70. The molecule has 19 heavy (non-hydrogen) atoms. The molecule has 5 nitrogen and oxygen atoms in total. The van der Waals surface area contributed by atoms with Crippen molar-refractivity contribution in [2.45, 2.75) is 34.1 Å². The van der Waals surface area contributed by atoms with Gasteiger partial charge in [0.15, 0.2) is 0 Å². The Morgan fingerprint density at radius 2 is 1.63 bits per heavy atom. The first-order chi connectivity index (χ1) is 8.88. The lowest BCUT2D eigenvalue weighted by Crippen LogP contribution is -2.25. The molecule has 104 valence electrons. The van der Waals surface area contributed by atoms with Crippen molar-refractivity contribution in [3.63, 3.8) is 0 Å². The van der Waals surface area contributed by atoms with E-state index in [2.05, 4.69) is 21.9 Å². The lowest BCUT2D eigenvalue weighted by molar-refractivity contribution is -0.136. The highest BCUT2D eigenvalue weighted by molar-refractivity contribution is 5.95. The van der Waals surface area contributed by atoms with Crippen molar-refractivity contribution >= 4 is 11.9 Å². The minimum atomic E-state index is -1.02. The second kappa shape index (κ2) is 7.98. The van der Waals surface area contributed by atoms with Crippen molar-refractivity contribution in [2.24, 2.45) is 0 Å². The topological polar surface area (TPSA) is 75.6 Å². The Morgan fingerprint density at radius 3 is 2.00 bits per heavy atom. The summed E-state index contributed by atoms with van der Waals surface area (Å²) in [5, 5.41) is 11.7. The van der Waals surface area contributed by atoms with Crippen molar-refractivity contribution in [1.29, 1.82) is 0 Å². The predicted octanol–water partition coefficient (Wildman–Crippen LogP) is 1.81. The van der Waals surface area contributed by atoms with Gasteiger partial charge in [-0.15, -0.1) is 11.8 Å². The third-order valence-electron chi connectivity index (χ3n) is 2.57. The second-order valence-corrected chi connectivity index (χ2v) is 3.81. The molecular formula is C14H19NO4. The van der Waals surface area contributed by atoms with Gasteiger partial charge in [0, 0.05) is 17.8 Å². The lowest BCUT2D eigenvalue weighted by atomic mass is 9.98. The predicted molar refractivity (Wildman–Crippen MR) is 71.9 cm³/mol. The summed E-state index contributed by atoms with van der Waals surface area (Å²) in [5.41, 5.74) is 1.76. The fourth-order valence-electron chi connectivity index (χ4n) is 1.46. The number of nitrogens with one attached hydrogen (secondary N) is 1. The number of allylic oxidation sites excluding steroid dienone is 2. The van der Waals surface area contributed by atoms with E-state index in [9.17, 15) is 9.59 Å². The van der Waals surface area contributed by atoms with Gasteiger partial charge in [0.05, 0.1) is 18.3 Å². The molecule has 0 aromatic carbocycles. The van der Waals surface area contributed by atoms with Crippen LogP contribution in [0.4, 0.5) is 0 Å². The molecular weight excluding hydrogens is 246 g/mol. The summed E-state index contributed by atoms with van der Waals surface area (Å²) in [4.78, 5) is 22.2. The van der Waals surface area contributed by atoms with Gasteiger partial charge in [0.25, 0.3) is 0 Å². The molecule has 0 amide bonds. The molecule has 2 N–H and O–H groups in total. The van der Waals surface area contributed by atoms with Crippen LogP contribution in [0, 0.1) is 11.8 Å². The van der Waals surface area contributed by atoms with Gasteiger partial charge in [-0.05, 0) is 27.7 Å². The quantitative estimate of drug-likeness (QED) is 0.588. The monoisotopic (exact) mass is 265 g/mol. The van der Waals surface area contributed by atoms with Crippen molar-refractivity contribution in [3.05, 3.63) is 22.5 Å². The number of ether oxygens (including phenoxy) is 1. The zero-order chi connectivity index (χ0) is 15.0. The number of hydrogen-bond acceptors (Lipinski definition) is 4. The molecule has 0 fully saturated rings. The molecule has 5 heteroatoms. The molecule has 1 rings (SSSR count). The summed E-state index contributed by atoms with van der Waals surface area (Å²) in [6.45, 7) is 7.02. The van der Waals surface area contributed by atoms with Crippen molar-refractivity contribution < 1.29 is 19.4 Å². The number of aliphatic carboxylic acids is 1. The van der Waals surface area contributed by atoms with Gasteiger partial charge in [0.2, 0.25) is 0 Å². The highest BCUT2D eigenvalue weighted by Gasteiger charge is 2.24. The summed E-state index contributed by atoms with van der Waals surface area (Å²) < 4.78 is 4.57. The minimum Gasteiger partial charge on any atom is -0.478 e. The molecule has 0 aromatic heterocycles. The fourth-order valence-corrected chi connectivity index (χ4v) is 1.46. The van der Waals surface area contributed by atoms with E-state index >= 15 is 0 Å². The van der Waals surface area contributed by atoms with Crippen LogP contribution < -0.4 is 5.32 Å². The standard InChI is InChI=1S/C10H13NO4.C4H6/c1-5-7(9(12)13)4-8(6(2)11-5)10(14)15-3;1-3-4-2/h11H,4H2,1-3H3,(H,12,13);1-2H3. The molecule has 0 aliphatic carbocycles. The molecule has 0 saturated carbocycles. The maximum atomic E-state index is 11.3. The van der Waals surface area contributed by atoms with E-state index in [0.29, 0.717) is 17.0 Å². The molecule has 0 bridgehead atoms. The normalized spacial score (nSPS) is 13.5. The first kappa shape index (κ1) is 16.8. The summed E-state index contributed by atoms with van der Waals surface area (Å²) >= 11 is 0. The van der Waals surface area contributed by atoms with Crippen LogP contribution in [0.3, 0.4) is 0 Å². The zero-order valence-electron chi connectivity index (χ0n) is 11.9. The van der Waals surface area contributed by atoms with Crippen LogP contribution in [0.15, 0.2) is 22.5 Å². The van der Waals surface area contributed by atoms with Crippen LogP contribution in [0.25, 0.3) is 0 Å². The smallest absolute Gasteiger partial charge is 0.335 e. The second-order valence-electron chi connectivity index (χ2n) is 3.81. The third kappa shape index (κ3) is 4.88. The Kier molecular flexibility index (Phi) is 7.05. The first-order valence-corrected chi connectivity index (χ1v) is 5.70. The number of rotatable bonds is 2. The van der Waals surface area contributed by atoms with Gasteiger partial charge < -0.3 is 15.2 Å². The van der Waals surface area contributed by atoms with Gasteiger partial charge in [-0.1, -0.05) is 0 Å². The van der Waals surface area contributed by atoms with Gasteiger partial charge in [-0.3, -0.25) is 0 Å². The Hall–Kier alpha value is -2.22. The number of dihydropyridines is 1. The maximum absolute atomic E-state index is 11.3. The minimum absolute atomic E-state index is 0.104. The molecule has 1 aliphatic rings. The van der Waals surface area contributed by atoms with E-state index in [0.717, 1.165) is 0 Å². The SMILES string of the molecule is CC#CC.COC(=O)C1=C(C)NC(C)=C(C(=O)O)C1. The summed E-state index contributed by atoms with van der Waals surface area (Å²) in [5.74, 6) is 3.85. The number of carboxylic acid groups (broad SMARTS) is 1. The molecule has 0 saturated heterocycles. The molecule has 0 unspecified atom stereocenters. The maximum Gasteiger partial charge on any atom is 0.335 e. The highest BCUT2D eigenvalue weighted by atomic mass is 16.5. The number of methoxy groups -OCH3 is 1. The van der Waals surface area contributed by atoms with Gasteiger partial charge in [-0.2, -0.15) is 0 Å². The van der Waals surface area contributed by atoms with Crippen LogP contribution in [-0.4, -0.2) is 24.2 Å². The Balaban J connectivity index is 0.000000711. The van der Waals surface area contributed by atoms with E-state index in [1.54, 1.807) is 13.8 Å². The Morgan fingerprint density at radius 1 is 1.16 bits per heavy atom. The average Bonchev–Trinajstić information content (AvgIpc) is 2.37. The molecule has 0 spiro atoms. The number of carbonyl (C=O) groups excluding carboxylic acids is 1. The highest BCUT2D eigenvalue weighted by Crippen LogP contribution is 2.23. The Labute approximate surface area is 113 Å². The number of esters is 1. The van der Waals surface area contributed by atoms with Crippen LogP contribution >= 0.6 is 0 Å². The van der Waals surface area contributed by atoms with Gasteiger partial charge >= 0.3 is 11.9 Å². The van der Waals surface area contributed by atoms with Gasteiger partial charge in [-0.25, -0.2) is 9.59 Å². The summed E-state index contributed by atoms with van der Waals surface area (Å²) in [6.07, 6.45) is 0.104. The number of carboxylic acids is 1. The van der Waals surface area contributed by atoms with Crippen LogP contribution in [0.2, 0.25) is 0 Å². The molecule has 0 atom stereocenters. The average molecular weight is 265 g/mol. The number of carbonyl (C=O) groups is 2. The zero-order valence-corrected chi connectivity index (χ0v) is 11.9. The van der Waals surface area contributed by atoms with Crippen LogP contribution in [0.5, 0.6) is 0 Å².